The van der Waals surface area contributed by atoms with Gasteiger partial charge in [-0.1, -0.05) is 6.92 Å². The highest BCUT2D eigenvalue weighted by Crippen LogP contribution is 2.18. The van der Waals surface area contributed by atoms with E-state index in [4.69, 9.17) is 0 Å². The monoisotopic (exact) mass is 337 g/mol. The van der Waals surface area contributed by atoms with Crippen molar-refractivity contribution < 1.29 is 9.59 Å². The summed E-state index contributed by atoms with van der Waals surface area (Å²) in [6, 6.07) is 0. The summed E-state index contributed by atoms with van der Waals surface area (Å²) in [4.78, 5) is 31.6. The number of hydrogen-bond donors (Lipinski definition) is 1. The first-order valence-corrected chi connectivity index (χ1v) is 9.31. The number of hydrogen-bond acceptors (Lipinski definition) is 4. The average Bonchev–Trinajstić information content (AvgIpc) is 2.88. The second kappa shape index (κ2) is 8.43. The predicted octanol–water partition coefficient (Wildman–Crippen LogP) is 2.46. The zero-order valence-corrected chi connectivity index (χ0v) is 15.2. The molecule has 0 aliphatic carbocycles. The van der Waals surface area contributed by atoms with Crippen LogP contribution in [0, 0.1) is 19.8 Å². The third-order valence-electron chi connectivity index (χ3n) is 4.39. The molecule has 0 radical (unpaired) electrons. The fourth-order valence-electron chi connectivity index (χ4n) is 2.88. The Hall–Kier alpha value is -1.43. The van der Waals surface area contributed by atoms with Crippen LogP contribution in [0.2, 0.25) is 0 Å². The van der Waals surface area contributed by atoms with E-state index in [1.807, 2.05) is 18.7 Å². The van der Waals surface area contributed by atoms with Crippen LogP contribution in [0.15, 0.2) is 0 Å². The molecule has 23 heavy (non-hydrogen) atoms. The molecular formula is C17H27N3O2S. The predicted molar refractivity (Wildman–Crippen MR) is 92.5 cm³/mol. The minimum absolute atomic E-state index is 0.0522. The summed E-state index contributed by atoms with van der Waals surface area (Å²) in [5.41, 5.74) is 1.11. The van der Waals surface area contributed by atoms with Gasteiger partial charge in [0.2, 0.25) is 11.8 Å². The van der Waals surface area contributed by atoms with Crippen molar-refractivity contribution in [2.75, 3.05) is 19.6 Å². The molecule has 1 aliphatic rings. The first-order valence-electron chi connectivity index (χ1n) is 8.49. The van der Waals surface area contributed by atoms with E-state index >= 15 is 0 Å². The highest BCUT2D eigenvalue weighted by Gasteiger charge is 2.27. The Morgan fingerprint density at radius 1 is 1.39 bits per heavy atom. The Morgan fingerprint density at radius 3 is 2.83 bits per heavy atom. The number of piperidine rings is 1. The minimum Gasteiger partial charge on any atom is -0.356 e. The minimum atomic E-state index is -0.0522. The molecule has 2 rings (SSSR count). The maximum absolute atomic E-state index is 12.3. The zero-order valence-electron chi connectivity index (χ0n) is 14.4. The van der Waals surface area contributed by atoms with Gasteiger partial charge < -0.3 is 10.2 Å². The number of carbonyl (C=O) groups is 2. The molecular weight excluding hydrogens is 310 g/mol. The summed E-state index contributed by atoms with van der Waals surface area (Å²) in [5.74, 6) is 0.186. The van der Waals surface area contributed by atoms with Crippen molar-refractivity contribution >= 4 is 23.2 Å². The number of nitrogens with zero attached hydrogens (tertiary/aromatic N) is 2. The van der Waals surface area contributed by atoms with E-state index in [1.54, 1.807) is 11.3 Å². The molecule has 0 bridgehead atoms. The van der Waals surface area contributed by atoms with E-state index < -0.39 is 0 Å². The molecule has 0 spiro atoms. The van der Waals surface area contributed by atoms with Gasteiger partial charge in [0.05, 0.1) is 16.6 Å². The lowest BCUT2D eigenvalue weighted by atomic mass is 9.97. The quantitative estimate of drug-likeness (QED) is 0.811. The Balaban J connectivity index is 1.71. The number of rotatable bonds is 6. The summed E-state index contributed by atoms with van der Waals surface area (Å²) in [6.45, 7) is 8.03. The van der Waals surface area contributed by atoms with Gasteiger partial charge in [0.25, 0.3) is 0 Å². The first-order chi connectivity index (χ1) is 11.0. The Bertz CT molecular complexity index is 537. The molecule has 1 aromatic rings. The van der Waals surface area contributed by atoms with E-state index in [9.17, 15) is 9.59 Å². The molecule has 1 aliphatic heterocycles. The van der Waals surface area contributed by atoms with Gasteiger partial charge in [-0.15, -0.1) is 11.3 Å². The van der Waals surface area contributed by atoms with Crippen molar-refractivity contribution in [1.82, 2.24) is 15.2 Å². The summed E-state index contributed by atoms with van der Waals surface area (Å²) in [7, 11) is 0. The number of nitrogens with one attached hydrogen (secondary N) is 1. The van der Waals surface area contributed by atoms with Gasteiger partial charge in [-0.25, -0.2) is 4.98 Å². The van der Waals surface area contributed by atoms with E-state index in [2.05, 4.69) is 17.2 Å². The fraction of sp³-hybridized carbons (Fsp3) is 0.706. The van der Waals surface area contributed by atoms with Crippen LogP contribution >= 0.6 is 11.3 Å². The highest BCUT2D eigenvalue weighted by atomic mass is 32.1. The number of thiazole rings is 1. The maximum Gasteiger partial charge on any atom is 0.224 e. The molecule has 1 fully saturated rings. The summed E-state index contributed by atoms with van der Waals surface area (Å²) >= 11 is 1.74. The maximum atomic E-state index is 12.3. The Kier molecular flexibility index (Phi) is 6.57. The van der Waals surface area contributed by atoms with Crippen molar-refractivity contribution in [3.05, 3.63) is 15.6 Å². The van der Waals surface area contributed by atoms with Crippen LogP contribution in [0.5, 0.6) is 0 Å². The number of carbonyl (C=O) groups excluding carboxylic acids is 2. The third kappa shape index (κ3) is 5.03. The lowest BCUT2D eigenvalue weighted by Crippen LogP contribution is -2.45. The first kappa shape index (κ1) is 17.9. The Labute approximate surface area is 142 Å². The molecule has 2 heterocycles. The van der Waals surface area contributed by atoms with Crippen molar-refractivity contribution in [3.8, 4) is 0 Å². The summed E-state index contributed by atoms with van der Waals surface area (Å²) < 4.78 is 0. The van der Waals surface area contributed by atoms with Gasteiger partial charge in [0.1, 0.15) is 0 Å². The van der Waals surface area contributed by atoms with E-state index in [-0.39, 0.29) is 17.7 Å². The van der Waals surface area contributed by atoms with Gasteiger partial charge in [-0.2, -0.15) is 0 Å². The molecule has 5 nitrogen and oxygen atoms in total. The number of aromatic nitrogens is 1. The normalized spacial score (nSPS) is 18.0. The van der Waals surface area contributed by atoms with E-state index in [0.717, 1.165) is 42.9 Å². The van der Waals surface area contributed by atoms with Crippen LogP contribution in [0.3, 0.4) is 0 Å². The van der Waals surface area contributed by atoms with Gasteiger partial charge >= 0.3 is 0 Å². The molecule has 2 amide bonds. The number of aryl methyl sites for hydroxylation is 3. The second-order valence-corrected chi connectivity index (χ2v) is 7.46. The standard InChI is InChI=1S/C17H27N3O2S/c1-4-16(21)20-10-6-7-14(11-20)17(22)18-9-5-8-15-19-12(2)13(3)23-15/h14H,4-11H2,1-3H3,(H,18,22)/t14-/m1/s1. The molecule has 0 aromatic carbocycles. The van der Waals surface area contributed by atoms with Crippen molar-refractivity contribution in [2.45, 2.75) is 52.9 Å². The highest BCUT2D eigenvalue weighted by molar-refractivity contribution is 7.11. The van der Waals surface area contributed by atoms with Crippen LogP contribution in [-0.4, -0.2) is 41.3 Å². The van der Waals surface area contributed by atoms with Gasteiger partial charge in [0, 0.05) is 37.4 Å². The fourth-order valence-corrected chi connectivity index (χ4v) is 3.86. The molecule has 1 aromatic heterocycles. The van der Waals surface area contributed by atoms with Gasteiger partial charge in [-0.05, 0) is 33.1 Å². The SMILES string of the molecule is CCC(=O)N1CCC[C@@H](C(=O)NCCCc2nc(C)c(C)s2)C1. The smallest absolute Gasteiger partial charge is 0.224 e. The summed E-state index contributed by atoms with van der Waals surface area (Å²) in [5, 5.41) is 4.17. The zero-order chi connectivity index (χ0) is 16.8. The Morgan fingerprint density at radius 2 is 2.17 bits per heavy atom. The average molecular weight is 337 g/mol. The van der Waals surface area contributed by atoms with Crippen molar-refractivity contribution in [3.63, 3.8) is 0 Å². The largest absolute Gasteiger partial charge is 0.356 e. The second-order valence-electron chi connectivity index (χ2n) is 6.18. The molecule has 6 heteroatoms. The van der Waals surface area contributed by atoms with Crippen molar-refractivity contribution in [1.29, 1.82) is 0 Å². The number of amides is 2. The molecule has 0 saturated carbocycles. The van der Waals surface area contributed by atoms with Crippen LogP contribution in [-0.2, 0) is 16.0 Å². The molecule has 0 unspecified atom stereocenters. The van der Waals surface area contributed by atoms with Crippen LogP contribution in [0.1, 0.15) is 48.2 Å². The van der Waals surface area contributed by atoms with E-state index in [1.165, 1.54) is 4.88 Å². The molecule has 1 saturated heterocycles. The van der Waals surface area contributed by atoms with Gasteiger partial charge in [0.15, 0.2) is 0 Å². The van der Waals surface area contributed by atoms with Crippen LogP contribution in [0.4, 0.5) is 0 Å². The van der Waals surface area contributed by atoms with Crippen molar-refractivity contribution in [2.24, 2.45) is 5.92 Å². The third-order valence-corrected chi connectivity index (χ3v) is 5.52. The van der Waals surface area contributed by atoms with Crippen LogP contribution in [0.25, 0.3) is 0 Å². The molecule has 128 valence electrons. The van der Waals surface area contributed by atoms with Gasteiger partial charge in [-0.3, -0.25) is 9.59 Å². The summed E-state index contributed by atoms with van der Waals surface area (Å²) in [6.07, 6.45) is 4.12. The lowest BCUT2D eigenvalue weighted by molar-refractivity contribution is -0.135. The molecule has 1 N–H and O–H groups in total. The van der Waals surface area contributed by atoms with Crippen LogP contribution < -0.4 is 5.32 Å². The lowest BCUT2D eigenvalue weighted by Gasteiger charge is -2.31. The topological polar surface area (TPSA) is 62.3 Å². The van der Waals surface area contributed by atoms with E-state index in [0.29, 0.717) is 19.5 Å². The molecule has 1 atom stereocenters. The number of likely N-dealkylation sites (tertiary alicyclic amines) is 1.